The minimum Gasteiger partial charge on any atom is -0.357 e. The fraction of sp³-hybridized carbons (Fsp3) is 0.550. The van der Waals surface area contributed by atoms with Crippen LogP contribution in [-0.2, 0) is 19.5 Å². The molecule has 0 fully saturated rings. The van der Waals surface area contributed by atoms with E-state index in [1.807, 2.05) is 30.5 Å². The van der Waals surface area contributed by atoms with Crippen molar-refractivity contribution >= 4 is 29.3 Å². The maximum Gasteiger partial charge on any atom is 0.191 e. The number of rotatable bonds is 10. The summed E-state index contributed by atoms with van der Waals surface area (Å²) in [6.45, 7) is 9.73. The Hall–Kier alpha value is -1.73. The molecule has 0 atom stereocenters. The Morgan fingerprint density at radius 1 is 1.21 bits per heavy atom. The molecule has 0 saturated carbocycles. The van der Waals surface area contributed by atoms with Crippen LogP contribution in [0.5, 0.6) is 0 Å². The molecule has 6 nitrogen and oxygen atoms in total. The van der Waals surface area contributed by atoms with E-state index in [4.69, 9.17) is 11.6 Å². The zero-order valence-electron chi connectivity index (χ0n) is 17.2. The van der Waals surface area contributed by atoms with Gasteiger partial charge in [-0.3, -0.25) is 0 Å². The molecule has 1 aromatic carbocycles. The number of nitrogens with zero attached hydrogens (tertiary/aromatic N) is 4. The first-order valence-electron chi connectivity index (χ1n) is 9.76. The monoisotopic (exact) mass is 422 g/mol. The van der Waals surface area contributed by atoms with Crippen molar-refractivity contribution in [2.45, 2.75) is 51.9 Å². The molecule has 0 amide bonds. The van der Waals surface area contributed by atoms with Gasteiger partial charge in [0.1, 0.15) is 5.82 Å². The Kier molecular flexibility index (Phi) is 9.64. The summed E-state index contributed by atoms with van der Waals surface area (Å²) in [5.41, 5.74) is 1.13. The molecule has 0 saturated heterocycles. The van der Waals surface area contributed by atoms with Crippen LogP contribution in [0.3, 0.4) is 0 Å². The van der Waals surface area contributed by atoms with E-state index in [2.05, 4.69) is 51.2 Å². The Labute approximate surface area is 177 Å². The van der Waals surface area contributed by atoms with Crippen molar-refractivity contribution in [3.05, 3.63) is 40.7 Å². The number of halogens is 1. The molecule has 1 heterocycles. The van der Waals surface area contributed by atoms with E-state index in [1.165, 1.54) is 0 Å². The number of benzene rings is 1. The van der Waals surface area contributed by atoms with Crippen molar-refractivity contribution in [1.82, 2.24) is 25.4 Å². The number of nitrogens with one attached hydrogen (secondary N) is 2. The van der Waals surface area contributed by atoms with Crippen LogP contribution >= 0.6 is 23.4 Å². The minimum atomic E-state index is 0.569. The van der Waals surface area contributed by atoms with Crippen LogP contribution in [-0.4, -0.2) is 40.1 Å². The lowest BCUT2D eigenvalue weighted by Gasteiger charge is -2.13. The second-order valence-electron chi connectivity index (χ2n) is 6.96. The zero-order valence-corrected chi connectivity index (χ0v) is 18.8. The first-order valence-corrected chi connectivity index (χ1v) is 11.4. The lowest BCUT2D eigenvalue weighted by atomic mass is 10.2. The Morgan fingerprint density at radius 2 is 1.96 bits per heavy atom. The summed E-state index contributed by atoms with van der Waals surface area (Å²) >= 11 is 7.59. The van der Waals surface area contributed by atoms with Gasteiger partial charge in [0.25, 0.3) is 0 Å². The van der Waals surface area contributed by atoms with Gasteiger partial charge in [0.15, 0.2) is 11.1 Å². The summed E-state index contributed by atoms with van der Waals surface area (Å²) in [6, 6.07) is 7.78. The fourth-order valence-corrected chi connectivity index (χ4v) is 3.41. The van der Waals surface area contributed by atoms with Gasteiger partial charge in [0.05, 0.1) is 6.54 Å². The van der Waals surface area contributed by atoms with E-state index >= 15 is 0 Å². The first kappa shape index (κ1) is 22.6. The Bertz CT molecular complexity index is 742. The molecule has 0 radical (unpaired) electrons. The van der Waals surface area contributed by atoms with Crippen molar-refractivity contribution in [3.63, 3.8) is 0 Å². The van der Waals surface area contributed by atoms with E-state index in [1.54, 1.807) is 11.8 Å². The van der Waals surface area contributed by atoms with Crippen molar-refractivity contribution in [1.29, 1.82) is 0 Å². The van der Waals surface area contributed by atoms with Crippen LogP contribution in [0.4, 0.5) is 0 Å². The number of thioether (sulfide) groups is 1. The molecular formula is C20H31ClN6S. The predicted molar refractivity (Wildman–Crippen MR) is 119 cm³/mol. The average molecular weight is 423 g/mol. The summed E-state index contributed by atoms with van der Waals surface area (Å²) in [6.07, 6.45) is 3.91. The molecule has 0 aliphatic heterocycles. The van der Waals surface area contributed by atoms with Crippen LogP contribution in [0.25, 0.3) is 0 Å². The molecular weight excluding hydrogens is 392 g/mol. The average Bonchev–Trinajstić information content (AvgIpc) is 3.05. The summed E-state index contributed by atoms with van der Waals surface area (Å²) in [4.78, 5) is 4.65. The maximum atomic E-state index is 5.94. The van der Waals surface area contributed by atoms with Crippen LogP contribution in [0.15, 0.2) is 34.4 Å². The van der Waals surface area contributed by atoms with Crippen molar-refractivity contribution < 1.29 is 0 Å². The van der Waals surface area contributed by atoms with E-state index in [-0.39, 0.29) is 0 Å². The molecule has 2 rings (SSSR count). The summed E-state index contributed by atoms with van der Waals surface area (Å²) in [7, 11) is 0. The number of aliphatic imine (C=N–C) groups is 1. The second kappa shape index (κ2) is 12.0. The summed E-state index contributed by atoms with van der Waals surface area (Å²) in [5.74, 6) is 2.45. The van der Waals surface area contributed by atoms with Gasteiger partial charge in [-0.2, -0.15) is 0 Å². The van der Waals surface area contributed by atoms with Gasteiger partial charge in [-0.1, -0.05) is 49.3 Å². The normalized spacial score (nSPS) is 11.9. The highest BCUT2D eigenvalue weighted by Gasteiger charge is 2.12. The zero-order chi connectivity index (χ0) is 20.4. The summed E-state index contributed by atoms with van der Waals surface area (Å²) in [5, 5.41) is 17.1. The number of aromatic nitrogens is 3. The lowest BCUT2D eigenvalue weighted by molar-refractivity contribution is 0.477. The van der Waals surface area contributed by atoms with E-state index in [0.29, 0.717) is 12.5 Å². The molecule has 2 aromatic rings. The molecule has 0 bridgehead atoms. The number of guanidine groups is 1. The highest BCUT2D eigenvalue weighted by molar-refractivity contribution is 7.98. The number of hydrogen-bond donors (Lipinski definition) is 2. The molecule has 2 N–H and O–H groups in total. The minimum absolute atomic E-state index is 0.569. The van der Waals surface area contributed by atoms with Gasteiger partial charge in [-0.25, -0.2) is 4.99 Å². The summed E-state index contributed by atoms with van der Waals surface area (Å²) < 4.78 is 2.25. The maximum absolute atomic E-state index is 5.94. The molecule has 0 spiro atoms. The third kappa shape index (κ3) is 7.36. The molecule has 8 heteroatoms. The van der Waals surface area contributed by atoms with E-state index in [9.17, 15) is 0 Å². The van der Waals surface area contributed by atoms with Crippen LogP contribution in [0.1, 0.15) is 38.6 Å². The topological polar surface area (TPSA) is 67.1 Å². The first-order chi connectivity index (χ1) is 13.5. The molecule has 0 aliphatic carbocycles. The molecule has 28 heavy (non-hydrogen) atoms. The standard InChI is InChI=1S/C20H31ClN6S/c1-5-22-19(24-13-16-8-10-17(21)11-9-16)23-12-6-7-18-25-26-20(28-4)27(18)14-15(2)3/h8-11,15H,5-7,12-14H2,1-4H3,(H2,22,23,24). The number of aryl methyl sites for hydroxylation is 1. The predicted octanol–water partition coefficient (Wildman–Crippen LogP) is 4.00. The smallest absolute Gasteiger partial charge is 0.191 e. The Balaban J connectivity index is 1.86. The molecule has 0 unspecified atom stereocenters. The van der Waals surface area contributed by atoms with Crippen LogP contribution in [0.2, 0.25) is 5.02 Å². The lowest BCUT2D eigenvalue weighted by Crippen LogP contribution is -2.37. The SMILES string of the molecule is CCNC(=NCc1ccc(Cl)cc1)NCCCc1nnc(SC)n1CC(C)C. The highest BCUT2D eigenvalue weighted by atomic mass is 35.5. The van der Waals surface area contributed by atoms with Gasteiger partial charge in [-0.15, -0.1) is 10.2 Å². The second-order valence-corrected chi connectivity index (χ2v) is 8.17. The quantitative estimate of drug-likeness (QED) is 0.262. The van der Waals surface area contributed by atoms with Gasteiger partial charge in [0, 0.05) is 31.1 Å². The van der Waals surface area contributed by atoms with Crippen LogP contribution < -0.4 is 10.6 Å². The van der Waals surface area contributed by atoms with Crippen molar-refractivity contribution in [2.75, 3.05) is 19.3 Å². The third-order valence-corrected chi connectivity index (χ3v) is 4.99. The van der Waals surface area contributed by atoms with E-state index < -0.39 is 0 Å². The van der Waals surface area contributed by atoms with Crippen molar-refractivity contribution in [3.8, 4) is 0 Å². The van der Waals surface area contributed by atoms with Gasteiger partial charge < -0.3 is 15.2 Å². The molecule has 1 aromatic heterocycles. The largest absolute Gasteiger partial charge is 0.357 e. The van der Waals surface area contributed by atoms with Gasteiger partial charge in [-0.05, 0) is 43.2 Å². The highest BCUT2D eigenvalue weighted by Crippen LogP contribution is 2.16. The van der Waals surface area contributed by atoms with Gasteiger partial charge >= 0.3 is 0 Å². The molecule has 0 aliphatic rings. The molecule has 154 valence electrons. The Morgan fingerprint density at radius 3 is 2.61 bits per heavy atom. The number of hydrogen-bond acceptors (Lipinski definition) is 4. The van der Waals surface area contributed by atoms with Crippen molar-refractivity contribution in [2.24, 2.45) is 10.9 Å². The van der Waals surface area contributed by atoms with Gasteiger partial charge in [0.2, 0.25) is 0 Å². The third-order valence-electron chi connectivity index (χ3n) is 4.07. The fourth-order valence-electron chi connectivity index (χ4n) is 2.76. The van der Waals surface area contributed by atoms with Crippen LogP contribution in [0, 0.1) is 5.92 Å². The van der Waals surface area contributed by atoms with E-state index in [0.717, 1.165) is 60.0 Å².